The maximum atomic E-state index is 12.8. The number of hydrogen-bond donors (Lipinski definition) is 3. The molecule has 2 aromatic rings. The molecule has 1 saturated heterocycles. The normalized spacial score (nSPS) is 15.0. The van der Waals surface area contributed by atoms with E-state index in [2.05, 4.69) is 16.4 Å². The standard InChI is InChI=1S/C28H39N3O5/c1-29-13-3-4-21-5-7-24(30-19-21)8-10-27(33)31-14-11-20(12-15-31)16-23(18-28(34)35)22-6-9-25(32)26(17-22)36-2/h5-7,9,17,19-20,23,29,32H,3-4,8,10-16,18H2,1-2H3,(H,34,35). The van der Waals surface area contributed by atoms with Gasteiger partial charge in [-0.15, -0.1) is 0 Å². The van der Waals surface area contributed by atoms with Gasteiger partial charge in [0, 0.05) is 31.4 Å². The molecule has 2 heterocycles. The van der Waals surface area contributed by atoms with Gasteiger partial charge in [0.2, 0.25) is 5.91 Å². The van der Waals surface area contributed by atoms with Crippen LogP contribution in [0.4, 0.5) is 0 Å². The third kappa shape index (κ3) is 8.22. The van der Waals surface area contributed by atoms with Gasteiger partial charge in [-0.2, -0.15) is 0 Å². The van der Waals surface area contributed by atoms with E-state index in [9.17, 15) is 19.8 Å². The number of benzene rings is 1. The fourth-order valence-electron chi connectivity index (χ4n) is 4.93. The second kappa shape index (κ2) is 13.8. The number of carboxylic acids is 1. The summed E-state index contributed by atoms with van der Waals surface area (Å²) < 4.78 is 5.20. The van der Waals surface area contributed by atoms with E-state index in [1.807, 2.05) is 24.2 Å². The highest BCUT2D eigenvalue weighted by Crippen LogP contribution is 2.36. The average molecular weight is 498 g/mol. The summed E-state index contributed by atoms with van der Waals surface area (Å²) in [5.41, 5.74) is 3.01. The van der Waals surface area contributed by atoms with Gasteiger partial charge in [-0.05, 0) is 93.3 Å². The van der Waals surface area contributed by atoms with Gasteiger partial charge >= 0.3 is 5.97 Å². The molecule has 8 nitrogen and oxygen atoms in total. The summed E-state index contributed by atoms with van der Waals surface area (Å²) in [6.45, 7) is 2.37. The molecule has 1 aromatic carbocycles. The smallest absolute Gasteiger partial charge is 0.303 e. The highest BCUT2D eigenvalue weighted by atomic mass is 16.5. The number of methoxy groups -OCH3 is 1. The van der Waals surface area contributed by atoms with Crippen molar-refractivity contribution in [1.29, 1.82) is 0 Å². The number of hydrogen-bond acceptors (Lipinski definition) is 6. The van der Waals surface area contributed by atoms with Gasteiger partial charge in [0.25, 0.3) is 0 Å². The number of carbonyl (C=O) groups is 2. The van der Waals surface area contributed by atoms with Crippen molar-refractivity contribution in [3.8, 4) is 11.5 Å². The van der Waals surface area contributed by atoms with Crippen molar-refractivity contribution in [3.63, 3.8) is 0 Å². The van der Waals surface area contributed by atoms with E-state index in [0.717, 1.165) is 49.9 Å². The molecule has 0 radical (unpaired) electrons. The highest BCUT2D eigenvalue weighted by molar-refractivity contribution is 5.76. The van der Waals surface area contributed by atoms with Crippen molar-refractivity contribution in [3.05, 3.63) is 53.3 Å². The van der Waals surface area contributed by atoms with Crippen molar-refractivity contribution in [1.82, 2.24) is 15.2 Å². The minimum Gasteiger partial charge on any atom is -0.504 e. The minimum atomic E-state index is -0.848. The number of pyridine rings is 1. The molecule has 0 bridgehead atoms. The number of aliphatic carboxylic acids is 1. The van der Waals surface area contributed by atoms with E-state index in [4.69, 9.17) is 4.74 Å². The van der Waals surface area contributed by atoms with Crippen LogP contribution in [-0.2, 0) is 22.4 Å². The van der Waals surface area contributed by atoms with E-state index in [0.29, 0.717) is 37.6 Å². The quantitative estimate of drug-likeness (QED) is 0.361. The lowest BCUT2D eigenvalue weighted by Crippen LogP contribution is -2.39. The van der Waals surface area contributed by atoms with Crippen LogP contribution in [0.25, 0.3) is 0 Å². The van der Waals surface area contributed by atoms with Crippen molar-refractivity contribution in [2.45, 2.75) is 57.3 Å². The van der Waals surface area contributed by atoms with E-state index in [1.165, 1.54) is 12.7 Å². The topological polar surface area (TPSA) is 112 Å². The first-order valence-corrected chi connectivity index (χ1v) is 12.8. The molecule has 36 heavy (non-hydrogen) atoms. The Morgan fingerprint density at radius 3 is 2.61 bits per heavy atom. The molecule has 1 aromatic heterocycles. The molecule has 1 aliphatic heterocycles. The Morgan fingerprint density at radius 2 is 1.97 bits per heavy atom. The van der Waals surface area contributed by atoms with Crippen LogP contribution in [0.5, 0.6) is 11.5 Å². The Hall–Kier alpha value is -3.13. The fourth-order valence-corrected chi connectivity index (χ4v) is 4.93. The second-order valence-corrected chi connectivity index (χ2v) is 9.65. The largest absolute Gasteiger partial charge is 0.504 e. The fraction of sp³-hybridized carbons (Fsp3) is 0.536. The monoisotopic (exact) mass is 497 g/mol. The lowest BCUT2D eigenvalue weighted by molar-refractivity contribution is -0.137. The third-order valence-electron chi connectivity index (χ3n) is 7.05. The maximum absolute atomic E-state index is 12.8. The van der Waals surface area contributed by atoms with Gasteiger partial charge in [0.1, 0.15) is 0 Å². The van der Waals surface area contributed by atoms with Gasteiger partial charge in [0.05, 0.1) is 13.5 Å². The van der Waals surface area contributed by atoms with Gasteiger partial charge in [-0.1, -0.05) is 12.1 Å². The van der Waals surface area contributed by atoms with Crippen LogP contribution < -0.4 is 10.1 Å². The van der Waals surface area contributed by atoms with Crippen LogP contribution in [0.3, 0.4) is 0 Å². The number of piperidine rings is 1. The molecule has 1 unspecified atom stereocenters. The van der Waals surface area contributed by atoms with Gasteiger partial charge in [-0.25, -0.2) is 0 Å². The molecular weight excluding hydrogens is 458 g/mol. The number of ether oxygens (including phenoxy) is 1. The molecule has 8 heteroatoms. The van der Waals surface area contributed by atoms with Crippen LogP contribution >= 0.6 is 0 Å². The van der Waals surface area contributed by atoms with E-state index >= 15 is 0 Å². The Kier molecular flexibility index (Phi) is 10.5. The van der Waals surface area contributed by atoms with Crippen molar-refractivity contribution in [2.75, 3.05) is 33.8 Å². The van der Waals surface area contributed by atoms with Gasteiger partial charge < -0.3 is 25.2 Å². The summed E-state index contributed by atoms with van der Waals surface area (Å²) in [7, 11) is 3.43. The van der Waals surface area contributed by atoms with Crippen LogP contribution in [0.1, 0.15) is 61.3 Å². The number of nitrogens with zero attached hydrogens (tertiary/aromatic N) is 2. The zero-order valence-electron chi connectivity index (χ0n) is 21.4. The van der Waals surface area contributed by atoms with E-state index in [-0.39, 0.29) is 24.0 Å². The van der Waals surface area contributed by atoms with Crippen LogP contribution in [-0.4, -0.2) is 65.8 Å². The first-order valence-electron chi connectivity index (χ1n) is 12.8. The Labute approximate surface area is 213 Å². The molecule has 0 saturated carbocycles. The Bertz CT molecular complexity index is 987. The number of rotatable bonds is 13. The zero-order chi connectivity index (χ0) is 25.9. The molecule has 1 amide bonds. The summed E-state index contributed by atoms with van der Waals surface area (Å²) in [4.78, 5) is 30.8. The number of nitrogens with one attached hydrogen (secondary N) is 1. The highest BCUT2D eigenvalue weighted by Gasteiger charge is 2.27. The number of likely N-dealkylation sites (tertiary alicyclic amines) is 1. The number of amides is 1. The minimum absolute atomic E-state index is 0.0222. The molecule has 1 aliphatic rings. The lowest BCUT2D eigenvalue weighted by atomic mass is 9.82. The van der Waals surface area contributed by atoms with Crippen LogP contribution in [0.2, 0.25) is 0 Å². The van der Waals surface area contributed by atoms with Gasteiger partial charge in [0.15, 0.2) is 11.5 Å². The van der Waals surface area contributed by atoms with Gasteiger partial charge in [-0.3, -0.25) is 14.6 Å². The number of carbonyl (C=O) groups excluding carboxylic acids is 1. The Balaban J connectivity index is 1.47. The summed E-state index contributed by atoms with van der Waals surface area (Å²) >= 11 is 0. The number of aromatic nitrogens is 1. The molecule has 0 aliphatic carbocycles. The summed E-state index contributed by atoms with van der Waals surface area (Å²) in [6, 6.07) is 9.18. The molecule has 0 spiro atoms. The number of aromatic hydroxyl groups is 1. The van der Waals surface area contributed by atoms with Crippen LogP contribution in [0, 0.1) is 5.92 Å². The molecule has 1 fully saturated rings. The molecule has 196 valence electrons. The molecule has 3 N–H and O–H groups in total. The summed E-state index contributed by atoms with van der Waals surface area (Å²) in [5, 5.41) is 22.5. The first-order chi connectivity index (χ1) is 17.4. The average Bonchev–Trinajstić information content (AvgIpc) is 2.88. The lowest BCUT2D eigenvalue weighted by Gasteiger charge is -2.33. The third-order valence-corrected chi connectivity index (χ3v) is 7.05. The zero-order valence-corrected chi connectivity index (χ0v) is 21.4. The Morgan fingerprint density at radius 1 is 1.19 bits per heavy atom. The number of phenolic OH excluding ortho intramolecular Hbond substituents is 1. The van der Waals surface area contributed by atoms with E-state index in [1.54, 1.807) is 18.2 Å². The molecule has 3 rings (SSSR count). The number of phenols is 1. The van der Waals surface area contributed by atoms with Crippen molar-refractivity contribution >= 4 is 11.9 Å². The number of carboxylic acid groups (broad SMARTS) is 1. The van der Waals surface area contributed by atoms with Crippen molar-refractivity contribution < 1.29 is 24.5 Å². The van der Waals surface area contributed by atoms with E-state index < -0.39 is 5.97 Å². The molecular formula is C28H39N3O5. The second-order valence-electron chi connectivity index (χ2n) is 9.65. The first kappa shape index (κ1) is 27.5. The predicted molar refractivity (Wildman–Crippen MR) is 138 cm³/mol. The maximum Gasteiger partial charge on any atom is 0.303 e. The number of aryl methyl sites for hydroxylation is 2. The predicted octanol–water partition coefficient (Wildman–Crippen LogP) is 3.77. The summed E-state index contributed by atoms with van der Waals surface area (Å²) in [5.74, 6) is -0.135. The molecule has 1 atom stereocenters. The SMILES string of the molecule is CNCCCc1ccc(CCC(=O)N2CCC(CC(CC(=O)O)c3ccc(O)c(OC)c3)CC2)nc1. The van der Waals surface area contributed by atoms with Crippen molar-refractivity contribution in [2.24, 2.45) is 5.92 Å². The van der Waals surface area contributed by atoms with Crippen LogP contribution in [0.15, 0.2) is 36.5 Å². The summed E-state index contributed by atoms with van der Waals surface area (Å²) in [6.07, 6.45) is 7.54.